The van der Waals surface area contributed by atoms with Crippen molar-refractivity contribution in [3.8, 4) is 0 Å². The van der Waals surface area contributed by atoms with Gasteiger partial charge in [0.25, 0.3) is 5.69 Å². The average Bonchev–Trinajstić information content (AvgIpc) is 2.58. The van der Waals surface area contributed by atoms with Crippen molar-refractivity contribution in [1.29, 1.82) is 0 Å². The molecule has 2 aromatic rings. The van der Waals surface area contributed by atoms with Crippen LogP contribution in [0.15, 0.2) is 42.5 Å². The van der Waals surface area contributed by atoms with E-state index in [1.165, 1.54) is 18.2 Å². The summed E-state index contributed by atoms with van der Waals surface area (Å²) in [4.78, 5) is 12.5. The Hall–Kier alpha value is -2.14. The molecule has 1 aliphatic rings. The van der Waals surface area contributed by atoms with Gasteiger partial charge in [-0.15, -0.1) is 0 Å². The molecule has 0 unspecified atom stereocenters. The molecule has 2 aromatic carbocycles. The number of nitro benzene ring substituents is 1. The lowest BCUT2D eigenvalue weighted by Crippen LogP contribution is -2.34. The molecule has 0 radical (unpaired) electrons. The molecule has 0 spiro atoms. The summed E-state index contributed by atoms with van der Waals surface area (Å²) in [6, 6.07) is 11.5. The molecule has 0 atom stereocenters. The molecule has 0 aromatic heterocycles. The molecule has 0 bridgehead atoms. The van der Waals surface area contributed by atoms with E-state index in [0.29, 0.717) is 10.9 Å². The summed E-state index contributed by atoms with van der Waals surface area (Å²) in [5.74, 6) is 0.299. The standard InChI is InChI=1S/C18H18ClFN2O2/c19-16-12-15(22(23)24)5-6-18(16)21-9-7-13(8-10-21)11-14-3-1-2-4-17(14)20/h1-6,12-13H,7-11H2. The minimum Gasteiger partial charge on any atom is -0.370 e. The third kappa shape index (κ3) is 3.67. The minimum atomic E-state index is -0.448. The number of rotatable bonds is 4. The van der Waals surface area contributed by atoms with Crippen molar-refractivity contribution < 1.29 is 9.31 Å². The molecule has 0 amide bonds. The molecule has 1 saturated heterocycles. The molecule has 3 rings (SSSR count). The molecule has 1 heterocycles. The zero-order valence-electron chi connectivity index (χ0n) is 13.1. The summed E-state index contributed by atoms with van der Waals surface area (Å²) in [6.07, 6.45) is 2.64. The van der Waals surface area contributed by atoms with Crippen LogP contribution in [0.4, 0.5) is 15.8 Å². The highest BCUT2D eigenvalue weighted by Crippen LogP contribution is 2.33. The number of anilines is 1. The number of hydrogen-bond acceptors (Lipinski definition) is 3. The van der Waals surface area contributed by atoms with Gasteiger partial charge >= 0.3 is 0 Å². The Kier molecular flexibility index (Phi) is 5.00. The smallest absolute Gasteiger partial charge is 0.271 e. The molecule has 0 N–H and O–H groups in total. The summed E-state index contributed by atoms with van der Waals surface area (Å²) in [5, 5.41) is 11.2. The third-order valence-corrected chi connectivity index (χ3v) is 4.87. The van der Waals surface area contributed by atoms with Gasteiger partial charge < -0.3 is 4.90 Å². The van der Waals surface area contributed by atoms with Crippen LogP contribution < -0.4 is 4.90 Å². The van der Waals surface area contributed by atoms with E-state index in [1.54, 1.807) is 12.1 Å². The van der Waals surface area contributed by atoms with E-state index in [1.807, 2.05) is 12.1 Å². The maximum absolute atomic E-state index is 13.8. The molecule has 1 aliphatic heterocycles. The number of nitrogens with zero attached hydrogens (tertiary/aromatic N) is 2. The van der Waals surface area contributed by atoms with E-state index in [0.717, 1.165) is 43.6 Å². The van der Waals surface area contributed by atoms with Crippen molar-refractivity contribution in [2.75, 3.05) is 18.0 Å². The Balaban J connectivity index is 1.63. The lowest BCUT2D eigenvalue weighted by molar-refractivity contribution is -0.384. The van der Waals surface area contributed by atoms with Crippen LogP contribution in [-0.2, 0) is 6.42 Å². The van der Waals surface area contributed by atoms with E-state index >= 15 is 0 Å². The highest BCUT2D eigenvalue weighted by atomic mass is 35.5. The number of hydrogen-bond donors (Lipinski definition) is 0. The molecule has 0 saturated carbocycles. The van der Waals surface area contributed by atoms with Gasteiger partial charge in [0.15, 0.2) is 0 Å². The number of nitro groups is 1. The topological polar surface area (TPSA) is 46.4 Å². The summed E-state index contributed by atoms with van der Waals surface area (Å²) in [5.41, 5.74) is 1.59. The first-order valence-corrected chi connectivity index (χ1v) is 8.34. The van der Waals surface area contributed by atoms with Gasteiger partial charge in [-0.05, 0) is 42.9 Å². The number of benzene rings is 2. The van der Waals surface area contributed by atoms with Crippen LogP contribution in [0.25, 0.3) is 0 Å². The van der Waals surface area contributed by atoms with Crippen molar-refractivity contribution in [2.45, 2.75) is 19.3 Å². The molecule has 24 heavy (non-hydrogen) atoms. The fourth-order valence-electron chi connectivity index (χ4n) is 3.22. The average molecular weight is 349 g/mol. The predicted molar refractivity (Wildman–Crippen MR) is 93.1 cm³/mol. The fourth-order valence-corrected chi connectivity index (χ4v) is 3.51. The van der Waals surface area contributed by atoms with Crippen LogP contribution in [0.1, 0.15) is 18.4 Å². The second kappa shape index (κ2) is 7.18. The SMILES string of the molecule is O=[N+]([O-])c1ccc(N2CCC(Cc3ccccc3F)CC2)c(Cl)c1. The minimum absolute atomic E-state index is 0.00168. The third-order valence-electron chi connectivity index (χ3n) is 4.56. The van der Waals surface area contributed by atoms with Gasteiger partial charge in [0, 0.05) is 25.2 Å². The maximum atomic E-state index is 13.8. The van der Waals surface area contributed by atoms with Crippen LogP contribution in [0, 0.1) is 21.8 Å². The molecule has 0 aliphatic carbocycles. The van der Waals surface area contributed by atoms with Crippen LogP contribution in [0.2, 0.25) is 5.02 Å². The van der Waals surface area contributed by atoms with Crippen molar-refractivity contribution in [1.82, 2.24) is 0 Å². The van der Waals surface area contributed by atoms with Crippen LogP contribution >= 0.6 is 11.6 Å². The van der Waals surface area contributed by atoms with Crippen molar-refractivity contribution in [3.05, 3.63) is 69.0 Å². The molecule has 126 valence electrons. The molecule has 4 nitrogen and oxygen atoms in total. The van der Waals surface area contributed by atoms with Gasteiger partial charge in [0.2, 0.25) is 0 Å². The predicted octanol–water partition coefficient (Wildman–Crippen LogP) is 4.85. The Bertz CT molecular complexity index is 746. The Labute approximate surface area is 145 Å². The molecule has 1 fully saturated rings. The maximum Gasteiger partial charge on any atom is 0.271 e. The van der Waals surface area contributed by atoms with E-state index < -0.39 is 4.92 Å². The second-order valence-electron chi connectivity index (χ2n) is 6.12. The zero-order chi connectivity index (χ0) is 17.1. The van der Waals surface area contributed by atoms with Gasteiger partial charge in [0.1, 0.15) is 5.82 Å². The van der Waals surface area contributed by atoms with Crippen molar-refractivity contribution in [3.63, 3.8) is 0 Å². The Morgan fingerprint density at radius 2 is 1.92 bits per heavy atom. The van der Waals surface area contributed by atoms with Crippen LogP contribution in [-0.4, -0.2) is 18.0 Å². The zero-order valence-corrected chi connectivity index (χ0v) is 13.9. The van der Waals surface area contributed by atoms with E-state index in [2.05, 4.69) is 4.90 Å². The van der Waals surface area contributed by atoms with E-state index in [4.69, 9.17) is 11.6 Å². The largest absolute Gasteiger partial charge is 0.370 e. The second-order valence-corrected chi connectivity index (χ2v) is 6.53. The number of piperidine rings is 1. The summed E-state index contributed by atoms with van der Waals surface area (Å²) >= 11 is 6.20. The van der Waals surface area contributed by atoms with E-state index in [-0.39, 0.29) is 11.5 Å². The Morgan fingerprint density at radius 1 is 1.21 bits per heavy atom. The number of non-ortho nitro benzene ring substituents is 1. The first-order chi connectivity index (χ1) is 11.5. The van der Waals surface area contributed by atoms with Crippen molar-refractivity contribution in [2.24, 2.45) is 5.92 Å². The van der Waals surface area contributed by atoms with Crippen molar-refractivity contribution >= 4 is 23.0 Å². The highest BCUT2D eigenvalue weighted by molar-refractivity contribution is 6.33. The first-order valence-electron chi connectivity index (χ1n) is 7.97. The van der Waals surface area contributed by atoms with Gasteiger partial charge in [-0.1, -0.05) is 29.8 Å². The fraction of sp³-hybridized carbons (Fsp3) is 0.333. The summed E-state index contributed by atoms with van der Waals surface area (Å²) in [6.45, 7) is 1.63. The molecule has 6 heteroatoms. The summed E-state index contributed by atoms with van der Waals surface area (Å²) in [7, 11) is 0. The molecular weight excluding hydrogens is 331 g/mol. The molecular formula is C18H18ClFN2O2. The van der Waals surface area contributed by atoms with Gasteiger partial charge in [-0.2, -0.15) is 0 Å². The normalized spacial score (nSPS) is 15.5. The van der Waals surface area contributed by atoms with Gasteiger partial charge in [-0.3, -0.25) is 10.1 Å². The van der Waals surface area contributed by atoms with Crippen LogP contribution in [0.5, 0.6) is 0 Å². The monoisotopic (exact) mass is 348 g/mol. The first kappa shape index (κ1) is 16.7. The highest BCUT2D eigenvalue weighted by Gasteiger charge is 2.22. The lowest BCUT2D eigenvalue weighted by atomic mass is 9.90. The lowest BCUT2D eigenvalue weighted by Gasteiger charge is -2.34. The van der Waals surface area contributed by atoms with Gasteiger partial charge in [0.05, 0.1) is 15.6 Å². The Morgan fingerprint density at radius 3 is 2.54 bits per heavy atom. The van der Waals surface area contributed by atoms with Gasteiger partial charge in [-0.25, -0.2) is 4.39 Å². The van der Waals surface area contributed by atoms with Crippen LogP contribution in [0.3, 0.4) is 0 Å². The quantitative estimate of drug-likeness (QED) is 0.586. The van der Waals surface area contributed by atoms with E-state index in [9.17, 15) is 14.5 Å². The summed E-state index contributed by atoms with van der Waals surface area (Å²) < 4.78 is 13.8. The number of halogens is 2.